The van der Waals surface area contributed by atoms with E-state index < -0.39 is 47.8 Å². The van der Waals surface area contributed by atoms with E-state index in [4.69, 9.17) is 15.9 Å². The maximum atomic E-state index is 12.7. The standard InChI is InChI=1S/C18H25N3O6/c1-18(2,19)17(27)21(3)13(9-11-7-5-4-6-8-11)15(24)20-12(16(25)26)10-14(22)23/h4-8,12-13H,9-10,19H2,1-3H3,(H,20,24)(H,22,23)(H,25,26)/t12-,13-/m0/s1. The van der Waals surface area contributed by atoms with Gasteiger partial charge in [0.2, 0.25) is 11.8 Å². The van der Waals surface area contributed by atoms with Gasteiger partial charge in [-0.05, 0) is 19.4 Å². The van der Waals surface area contributed by atoms with Crippen LogP contribution in [0.4, 0.5) is 0 Å². The molecule has 5 N–H and O–H groups in total. The molecule has 0 bridgehead atoms. The molecule has 1 rings (SSSR count). The highest BCUT2D eigenvalue weighted by atomic mass is 16.4. The number of nitrogens with two attached hydrogens (primary N) is 1. The number of rotatable bonds is 9. The molecule has 0 spiro atoms. The number of likely N-dealkylation sites (N-methyl/N-ethyl adjacent to an activating group) is 1. The fraction of sp³-hybridized carbons (Fsp3) is 0.444. The topological polar surface area (TPSA) is 150 Å². The highest BCUT2D eigenvalue weighted by Gasteiger charge is 2.35. The minimum Gasteiger partial charge on any atom is -0.481 e. The zero-order valence-electron chi connectivity index (χ0n) is 15.5. The third-order valence-corrected chi connectivity index (χ3v) is 3.91. The molecule has 2 amide bonds. The minimum atomic E-state index is -1.61. The molecular formula is C18H25N3O6. The largest absolute Gasteiger partial charge is 0.481 e. The second-order valence-electron chi connectivity index (χ2n) is 6.84. The molecule has 0 radical (unpaired) electrons. The van der Waals surface area contributed by atoms with Crippen molar-refractivity contribution in [1.29, 1.82) is 0 Å². The Bertz CT molecular complexity index is 699. The molecule has 0 aliphatic carbocycles. The number of hydrogen-bond donors (Lipinski definition) is 4. The quantitative estimate of drug-likeness (QED) is 0.465. The number of carbonyl (C=O) groups is 4. The molecule has 148 valence electrons. The first-order valence-corrected chi connectivity index (χ1v) is 8.28. The van der Waals surface area contributed by atoms with Crippen LogP contribution in [-0.4, -0.2) is 63.5 Å². The molecule has 2 atom stereocenters. The molecule has 0 saturated carbocycles. The molecule has 1 aromatic carbocycles. The Hall–Kier alpha value is -2.94. The molecule has 0 aliphatic rings. The first-order valence-electron chi connectivity index (χ1n) is 8.28. The SMILES string of the molecule is CN(C(=O)C(C)(C)N)[C@@H](Cc1ccccc1)C(=O)N[C@@H](CC(=O)O)C(=O)O. The Labute approximate surface area is 157 Å². The molecule has 0 aromatic heterocycles. The number of nitrogens with zero attached hydrogens (tertiary/aromatic N) is 1. The van der Waals surface area contributed by atoms with E-state index in [1.807, 2.05) is 0 Å². The summed E-state index contributed by atoms with van der Waals surface area (Å²) in [6.45, 7) is 2.99. The van der Waals surface area contributed by atoms with Gasteiger partial charge in [0, 0.05) is 13.5 Å². The maximum absolute atomic E-state index is 12.7. The normalized spacial score (nSPS) is 13.3. The second kappa shape index (κ2) is 9.13. The number of carbonyl (C=O) groups excluding carboxylic acids is 2. The van der Waals surface area contributed by atoms with Crippen LogP contribution in [0, 0.1) is 0 Å². The van der Waals surface area contributed by atoms with Crippen molar-refractivity contribution >= 4 is 23.8 Å². The summed E-state index contributed by atoms with van der Waals surface area (Å²) >= 11 is 0. The molecular weight excluding hydrogens is 354 g/mol. The van der Waals surface area contributed by atoms with Crippen molar-refractivity contribution in [2.45, 2.75) is 44.3 Å². The van der Waals surface area contributed by atoms with Crippen molar-refractivity contribution in [3.63, 3.8) is 0 Å². The van der Waals surface area contributed by atoms with Gasteiger partial charge in [0.05, 0.1) is 12.0 Å². The number of carboxylic acid groups (broad SMARTS) is 2. The van der Waals surface area contributed by atoms with Gasteiger partial charge in [0.1, 0.15) is 12.1 Å². The summed E-state index contributed by atoms with van der Waals surface area (Å²) in [6, 6.07) is 6.19. The van der Waals surface area contributed by atoms with Crippen molar-refractivity contribution in [2.75, 3.05) is 7.05 Å². The van der Waals surface area contributed by atoms with E-state index in [2.05, 4.69) is 5.32 Å². The Morgan fingerprint density at radius 3 is 2.15 bits per heavy atom. The van der Waals surface area contributed by atoms with Crippen molar-refractivity contribution in [2.24, 2.45) is 5.73 Å². The van der Waals surface area contributed by atoms with Gasteiger partial charge in [0.25, 0.3) is 0 Å². The number of amides is 2. The van der Waals surface area contributed by atoms with E-state index in [0.29, 0.717) is 0 Å². The molecule has 0 unspecified atom stereocenters. The van der Waals surface area contributed by atoms with Crippen LogP contribution in [-0.2, 0) is 25.6 Å². The van der Waals surface area contributed by atoms with Gasteiger partial charge < -0.3 is 26.2 Å². The summed E-state index contributed by atoms with van der Waals surface area (Å²) in [5.74, 6) is -4.12. The lowest BCUT2D eigenvalue weighted by Crippen LogP contribution is -2.58. The Kier molecular flexibility index (Phi) is 7.47. The van der Waals surface area contributed by atoms with Gasteiger partial charge in [-0.15, -0.1) is 0 Å². The predicted molar refractivity (Wildman–Crippen MR) is 96.8 cm³/mol. The smallest absolute Gasteiger partial charge is 0.326 e. The summed E-state index contributed by atoms with van der Waals surface area (Å²) in [7, 11) is 1.40. The van der Waals surface area contributed by atoms with Gasteiger partial charge in [-0.25, -0.2) is 4.79 Å². The van der Waals surface area contributed by atoms with E-state index >= 15 is 0 Å². The molecule has 0 aliphatic heterocycles. The van der Waals surface area contributed by atoms with Crippen LogP contribution in [0.15, 0.2) is 30.3 Å². The zero-order valence-corrected chi connectivity index (χ0v) is 15.5. The average Bonchev–Trinajstić information content (AvgIpc) is 2.57. The lowest BCUT2D eigenvalue weighted by molar-refractivity contribution is -0.149. The highest BCUT2D eigenvalue weighted by Crippen LogP contribution is 2.13. The van der Waals surface area contributed by atoms with Gasteiger partial charge in [0.15, 0.2) is 0 Å². The fourth-order valence-corrected chi connectivity index (χ4v) is 2.48. The number of nitrogens with one attached hydrogen (secondary N) is 1. The summed E-state index contributed by atoms with van der Waals surface area (Å²) in [5, 5.41) is 20.2. The summed E-state index contributed by atoms with van der Waals surface area (Å²) in [6.07, 6.45) is -0.663. The Morgan fingerprint density at radius 1 is 1.15 bits per heavy atom. The van der Waals surface area contributed by atoms with E-state index in [1.54, 1.807) is 30.3 Å². The average molecular weight is 379 g/mol. The number of benzene rings is 1. The monoisotopic (exact) mass is 379 g/mol. The Morgan fingerprint density at radius 2 is 1.70 bits per heavy atom. The van der Waals surface area contributed by atoms with Crippen molar-refractivity contribution in [3.05, 3.63) is 35.9 Å². The maximum Gasteiger partial charge on any atom is 0.326 e. The minimum absolute atomic E-state index is 0.115. The third-order valence-electron chi connectivity index (χ3n) is 3.91. The summed E-state index contributed by atoms with van der Waals surface area (Å²) in [5.41, 5.74) is 5.34. The molecule has 9 nitrogen and oxygen atoms in total. The third kappa shape index (κ3) is 6.70. The van der Waals surface area contributed by atoms with Crippen molar-refractivity contribution < 1.29 is 29.4 Å². The molecule has 0 saturated heterocycles. The molecule has 0 heterocycles. The van der Waals surface area contributed by atoms with Gasteiger partial charge >= 0.3 is 11.9 Å². The predicted octanol–water partition coefficient (Wildman–Crippen LogP) is -0.162. The highest BCUT2D eigenvalue weighted by molar-refractivity contribution is 5.93. The lowest BCUT2D eigenvalue weighted by Gasteiger charge is -2.32. The molecule has 0 fully saturated rings. The zero-order chi connectivity index (χ0) is 20.8. The first-order chi connectivity index (χ1) is 12.4. The van der Waals surface area contributed by atoms with Gasteiger partial charge in [-0.3, -0.25) is 14.4 Å². The summed E-state index contributed by atoms with van der Waals surface area (Å²) < 4.78 is 0. The number of hydrogen-bond acceptors (Lipinski definition) is 5. The summed E-state index contributed by atoms with van der Waals surface area (Å²) in [4.78, 5) is 48.4. The van der Waals surface area contributed by atoms with E-state index in [0.717, 1.165) is 10.5 Å². The van der Waals surface area contributed by atoms with E-state index in [1.165, 1.54) is 20.9 Å². The fourth-order valence-electron chi connectivity index (χ4n) is 2.48. The van der Waals surface area contributed by atoms with Crippen LogP contribution in [0.5, 0.6) is 0 Å². The first kappa shape index (κ1) is 22.1. The second-order valence-corrected chi connectivity index (χ2v) is 6.84. The van der Waals surface area contributed by atoms with Crippen LogP contribution < -0.4 is 11.1 Å². The molecule has 27 heavy (non-hydrogen) atoms. The lowest BCUT2D eigenvalue weighted by atomic mass is 9.99. The van der Waals surface area contributed by atoms with Crippen LogP contribution >= 0.6 is 0 Å². The number of aliphatic carboxylic acids is 2. The van der Waals surface area contributed by atoms with Crippen LogP contribution in [0.25, 0.3) is 0 Å². The van der Waals surface area contributed by atoms with Gasteiger partial charge in [-0.2, -0.15) is 0 Å². The Balaban J connectivity index is 3.11. The molecule has 1 aromatic rings. The number of carboxylic acids is 2. The van der Waals surface area contributed by atoms with E-state index in [9.17, 15) is 19.2 Å². The van der Waals surface area contributed by atoms with Crippen LogP contribution in [0.3, 0.4) is 0 Å². The van der Waals surface area contributed by atoms with Gasteiger partial charge in [-0.1, -0.05) is 30.3 Å². The van der Waals surface area contributed by atoms with Crippen molar-refractivity contribution in [3.8, 4) is 0 Å². The molecule has 9 heteroatoms. The van der Waals surface area contributed by atoms with Crippen LogP contribution in [0.2, 0.25) is 0 Å². The van der Waals surface area contributed by atoms with Crippen molar-refractivity contribution in [1.82, 2.24) is 10.2 Å². The van der Waals surface area contributed by atoms with E-state index in [-0.39, 0.29) is 6.42 Å². The van der Waals surface area contributed by atoms with Crippen LogP contribution in [0.1, 0.15) is 25.8 Å².